The van der Waals surface area contributed by atoms with Gasteiger partial charge >= 0.3 is 0 Å². The number of ether oxygens (including phenoxy) is 1. The summed E-state index contributed by atoms with van der Waals surface area (Å²) in [5.41, 5.74) is 3.25. The highest BCUT2D eigenvalue weighted by atomic mass is 32.2. The number of rotatable bonds is 8. The van der Waals surface area contributed by atoms with Crippen molar-refractivity contribution in [1.82, 2.24) is 19.7 Å². The maximum absolute atomic E-state index is 5.91. The molecule has 0 unspecified atom stereocenters. The second-order valence-corrected chi connectivity index (χ2v) is 7.54. The summed E-state index contributed by atoms with van der Waals surface area (Å²) in [6.45, 7) is 3.33. The summed E-state index contributed by atoms with van der Waals surface area (Å²) in [6, 6.07) is 18.2. The van der Waals surface area contributed by atoms with Crippen LogP contribution in [0.3, 0.4) is 0 Å². The zero-order valence-corrected chi connectivity index (χ0v) is 17.2. The van der Waals surface area contributed by atoms with E-state index in [9.17, 15) is 0 Å². The molecule has 0 atom stereocenters. The summed E-state index contributed by atoms with van der Waals surface area (Å²) in [7, 11) is 1.70. The molecule has 6 nitrogen and oxygen atoms in total. The molecule has 0 aliphatic carbocycles. The van der Waals surface area contributed by atoms with Gasteiger partial charge in [-0.3, -0.25) is 4.57 Å². The van der Waals surface area contributed by atoms with Crippen molar-refractivity contribution in [2.24, 2.45) is 0 Å². The van der Waals surface area contributed by atoms with E-state index in [-0.39, 0.29) is 0 Å². The molecule has 148 valence electrons. The maximum Gasteiger partial charge on any atom is 0.205 e. The van der Waals surface area contributed by atoms with Crippen LogP contribution in [0, 0.1) is 6.92 Å². The molecular weight excluding hydrogens is 384 g/mol. The van der Waals surface area contributed by atoms with Crippen molar-refractivity contribution < 1.29 is 9.15 Å². The van der Waals surface area contributed by atoms with Crippen LogP contribution in [0.25, 0.3) is 22.7 Å². The van der Waals surface area contributed by atoms with E-state index < -0.39 is 0 Å². The highest BCUT2D eigenvalue weighted by Crippen LogP contribution is 2.28. The minimum Gasteiger partial charge on any atom is -0.440 e. The van der Waals surface area contributed by atoms with Gasteiger partial charge in [0.1, 0.15) is 0 Å². The average molecular weight is 407 g/mol. The fraction of sp³-hybridized carbons (Fsp3) is 0.227. The minimum atomic E-state index is 0.575. The molecule has 0 aliphatic heterocycles. The molecule has 0 spiro atoms. The number of benzene rings is 2. The molecule has 0 aliphatic rings. The molecule has 0 fully saturated rings. The molecule has 4 rings (SSSR count). The molecule has 0 radical (unpaired) electrons. The molecule has 2 heterocycles. The van der Waals surface area contributed by atoms with Gasteiger partial charge in [0.2, 0.25) is 5.89 Å². The highest BCUT2D eigenvalue weighted by molar-refractivity contribution is 7.98. The Bertz CT molecular complexity index is 1080. The first-order valence-corrected chi connectivity index (χ1v) is 10.4. The Hall–Kier alpha value is -2.90. The molecule has 2 aromatic heterocycles. The molecular formula is C22H22N4O2S. The lowest BCUT2D eigenvalue weighted by molar-refractivity contribution is 0.185. The smallest absolute Gasteiger partial charge is 0.205 e. The summed E-state index contributed by atoms with van der Waals surface area (Å²) in [4.78, 5) is 4.41. The number of nitrogens with zero attached hydrogens (tertiary/aromatic N) is 4. The predicted molar refractivity (Wildman–Crippen MR) is 114 cm³/mol. The normalized spacial score (nSPS) is 11.1. The van der Waals surface area contributed by atoms with Gasteiger partial charge in [-0.2, -0.15) is 0 Å². The third kappa shape index (κ3) is 4.58. The first-order chi connectivity index (χ1) is 14.2. The van der Waals surface area contributed by atoms with Crippen LogP contribution in [0.1, 0.15) is 11.5 Å². The standard InChI is InChI=1S/C22H22N4O2S/c1-16-7-6-10-18(13-16)21-24-25-22(26(21)11-12-27-2)29-15-20-23-14-19(28-20)17-8-4-3-5-9-17/h3-10,13-14H,11-12,15H2,1-2H3. The zero-order chi connectivity index (χ0) is 20.1. The van der Waals surface area contributed by atoms with E-state index in [4.69, 9.17) is 9.15 Å². The number of hydrogen-bond donors (Lipinski definition) is 0. The van der Waals surface area contributed by atoms with Crippen molar-refractivity contribution in [2.75, 3.05) is 13.7 Å². The predicted octanol–water partition coefficient (Wildman–Crippen LogP) is 4.85. The van der Waals surface area contributed by atoms with Gasteiger partial charge in [0.05, 0.1) is 25.1 Å². The molecule has 7 heteroatoms. The van der Waals surface area contributed by atoms with Crippen LogP contribution in [0.4, 0.5) is 0 Å². The van der Waals surface area contributed by atoms with E-state index in [2.05, 4.69) is 44.9 Å². The van der Waals surface area contributed by atoms with Crippen LogP contribution in [0.2, 0.25) is 0 Å². The number of aromatic nitrogens is 4. The Morgan fingerprint density at radius 1 is 1.03 bits per heavy atom. The second kappa shape index (κ2) is 9.07. The van der Waals surface area contributed by atoms with Crippen molar-refractivity contribution in [3.63, 3.8) is 0 Å². The summed E-state index contributed by atoms with van der Waals surface area (Å²) in [5, 5.41) is 9.65. The SMILES string of the molecule is COCCn1c(SCc2ncc(-c3ccccc3)o2)nnc1-c1cccc(C)c1. The van der Waals surface area contributed by atoms with Gasteiger partial charge in [0, 0.05) is 18.2 Å². The van der Waals surface area contributed by atoms with Crippen LogP contribution in [-0.4, -0.2) is 33.5 Å². The van der Waals surface area contributed by atoms with Gasteiger partial charge in [-0.25, -0.2) is 4.98 Å². The Balaban J connectivity index is 1.53. The minimum absolute atomic E-state index is 0.575. The summed E-state index contributed by atoms with van der Waals surface area (Å²) in [5.74, 6) is 2.84. The Kier molecular flexibility index (Phi) is 6.07. The van der Waals surface area contributed by atoms with Crippen LogP contribution < -0.4 is 0 Å². The Morgan fingerprint density at radius 3 is 2.66 bits per heavy atom. The summed E-state index contributed by atoms with van der Waals surface area (Å²) in [6.07, 6.45) is 1.76. The molecule has 0 amide bonds. The number of methoxy groups -OCH3 is 1. The zero-order valence-electron chi connectivity index (χ0n) is 16.4. The van der Waals surface area contributed by atoms with Crippen LogP contribution in [-0.2, 0) is 17.0 Å². The van der Waals surface area contributed by atoms with Crippen molar-refractivity contribution in [3.05, 3.63) is 72.2 Å². The second-order valence-electron chi connectivity index (χ2n) is 6.59. The van der Waals surface area contributed by atoms with Crippen molar-refractivity contribution >= 4 is 11.8 Å². The lowest BCUT2D eigenvalue weighted by Gasteiger charge is -2.09. The molecule has 2 aromatic carbocycles. The molecule has 4 aromatic rings. The van der Waals surface area contributed by atoms with Crippen LogP contribution >= 0.6 is 11.8 Å². The van der Waals surface area contributed by atoms with Gasteiger partial charge in [0.25, 0.3) is 0 Å². The van der Waals surface area contributed by atoms with Crippen LogP contribution in [0.5, 0.6) is 0 Å². The first-order valence-electron chi connectivity index (χ1n) is 9.36. The van der Waals surface area contributed by atoms with E-state index in [1.165, 1.54) is 5.56 Å². The quantitative estimate of drug-likeness (QED) is 0.390. The topological polar surface area (TPSA) is 66.0 Å². The van der Waals surface area contributed by atoms with Gasteiger partial charge in [-0.1, -0.05) is 65.9 Å². The number of aryl methyl sites for hydroxylation is 1. The van der Waals surface area contributed by atoms with Crippen molar-refractivity contribution in [3.8, 4) is 22.7 Å². The Labute approximate surface area is 174 Å². The molecule has 0 saturated heterocycles. The first kappa shape index (κ1) is 19.4. The van der Waals surface area contributed by atoms with Crippen molar-refractivity contribution in [1.29, 1.82) is 0 Å². The van der Waals surface area contributed by atoms with Gasteiger partial charge in [-0.05, 0) is 13.0 Å². The van der Waals surface area contributed by atoms with E-state index >= 15 is 0 Å². The maximum atomic E-state index is 5.91. The molecule has 0 N–H and O–H groups in total. The van der Waals surface area contributed by atoms with Crippen LogP contribution in [0.15, 0.2) is 70.4 Å². The van der Waals surface area contributed by atoms with Gasteiger partial charge < -0.3 is 9.15 Å². The fourth-order valence-corrected chi connectivity index (χ4v) is 3.83. The molecule has 29 heavy (non-hydrogen) atoms. The van der Waals surface area contributed by atoms with Gasteiger partial charge in [0.15, 0.2) is 16.7 Å². The van der Waals surface area contributed by atoms with E-state index in [1.807, 2.05) is 36.4 Å². The highest BCUT2D eigenvalue weighted by Gasteiger charge is 2.16. The van der Waals surface area contributed by atoms with Gasteiger partial charge in [-0.15, -0.1) is 10.2 Å². The monoisotopic (exact) mass is 406 g/mol. The van der Waals surface area contributed by atoms with E-state index in [1.54, 1.807) is 25.1 Å². The number of thioether (sulfide) groups is 1. The Morgan fingerprint density at radius 2 is 1.86 bits per heavy atom. The molecule has 0 bridgehead atoms. The average Bonchev–Trinajstić information content (AvgIpc) is 3.38. The fourth-order valence-electron chi connectivity index (χ4n) is 3.02. The third-order valence-corrected chi connectivity index (χ3v) is 5.40. The summed E-state index contributed by atoms with van der Waals surface area (Å²) >= 11 is 1.56. The molecule has 0 saturated carbocycles. The number of hydrogen-bond acceptors (Lipinski definition) is 6. The number of oxazole rings is 1. The summed E-state index contributed by atoms with van der Waals surface area (Å²) < 4.78 is 13.3. The van der Waals surface area contributed by atoms with E-state index in [0.717, 1.165) is 27.9 Å². The lowest BCUT2D eigenvalue weighted by Crippen LogP contribution is -2.07. The lowest BCUT2D eigenvalue weighted by atomic mass is 10.1. The largest absolute Gasteiger partial charge is 0.440 e. The van der Waals surface area contributed by atoms with Crippen molar-refractivity contribution in [2.45, 2.75) is 24.4 Å². The van der Waals surface area contributed by atoms with E-state index in [0.29, 0.717) is 24.8 Å². The third-order valence-electron chi connectivity index (χ3n) is 4.45.